The highest BCUT2D eigenvalue weighted by Gasteiger charge is 2.05. The van der Waals surface area contributed by atoms with E-state index in [1.165, 1.54) is 5.57 Å². The SMILES string of the molecule is CNCCC1=C(C)C=CC=C(C)O1.[HH]. The molecule has 0 radical (unpaired) electrons. The fourth-order valence-corrected chi connectivity index (χ4v) is 1.22. The molecular weight excluding hydrogens is 162 g/mol. The second-order valence-electron chi connectivity index (χ2n) is 3.20. The minimum absolute atomic E-state index is 0. The van der Waals surface area contributed by atoms with Crippen molar-refractivity contribution in [3.05, 3.63) is 35.3 Å². The van der Waals surface area contributed by atoms with E-state index in [2.05, 4.69) is 18.3 Å². The van der Waals surface area contributed by atoms with Gasteiger partial charge in [0.25, 0.3) is 0 Å². The fourth-order valence-electron chi connectivity index (χ4n) is 1.22. The van der Waals surface area contributed by atoms with Crippen LogP contribution in [0.3, 0.4) is 0 Å². The van der Waals surface area contributed by atoms with Crippen molar-refractivity contribution in [3.63, 3.8) is 0 Å². The van der Waals surface area contributed by atoms with E-state index in [4.69, 9.17) is 4.74 Å². The lowest BCUT2D eigenvalue weighted by Crippen LogP contribution is -2.09. The van der Waals surface area contributed by atoms with Gasteiger partial charge in [0.15, 0.2) is 0 Å². The van der Waals surface area contributed by atoms with Gasteiger partial charge < -0.3 is 10.1 Å². The molecule has 2 nitrogen and oxygen atoms in total. The summed E-state index contributed by atoms with van der Waals surface area (Å²) in [4.78, 5) is 0. The van der Waals surface area contributed by atoms with Crippen LogP contribution in [0.5, 0.6) is 0 Å². The maximum Gasteiger partial charge on any atom is 0.108 e. The summed E-state index contributed by atoms with van der Waals surface area (Å²) in [7, 11) is 1.95. The van der Waals surface area contributed by atoms with Crippen LogP contribution in [0.15, 0.2) is 35.3 Å². The van der Waals surface area contributed by atoms with Gasteiger partial charge in [0, 0.05) is 14.4 Å². The molecule has 1 N–H and O–H groups in total. The lowest BCUT2D eigenvalue weighted by atomic mass is 10.2. The predicted octanol–water partition coefficient (Wildman–Crippen LogP) is 2.61. The lowest BCUT2D eigenvalue weighted by molar-refractivity contribution is 0.289. The molecule has 0 aromatic heterocycles. The number of hydrogen-bond acceptors (Lipinski definition) is 2. The zero-order valence-electron chi connectivity index (χ0n) is 8.55. The molecule has 0 spiro atoms. The van der Waals surface area contributed by atoms with Gasteiger partial charge in [0.1, 0.15) is 11.5 Å². The first-order chi connectivity index (χ1) is 6.24. The first kappa shape index (κ1) is 10.1. The Morgan fingerprint density at radius 2 is 2.23 bits per heavy atom. The van der Waals surface area contributed by atoms with Gasteiger partial charge in [-0.2, -0.15) is 0 Å². The first-order valence-corrected chi connectivity index (χ1v) is 4.61. The van der Waals surface area contributed by atoms with Crippen molar-refractivity contribution < 1.29 is 6.16 Å². The number of nitrogens with one attached hydrogen (secondary N) is 1. The molecule has 1 aliphatic heterocycles. The Morgan fingerprint density at radius 1 is 1.46 bits per heavy atom. The minimum Gasteiger partial charge on any atom is -0.466 e. The largest absolute Gasteiger partial charge is 0.466 e. The van der Waals surface area contributed by atoms with Crippen molar-refractivity contribution in [1.29, 1.82) is 0 Å². The number of ether oxygens (including phenoxy) is 1. The molecule has 1 rings (SSSR count). The van der Waals surface area contributed by atoms with E-state index in [0.29, 0.717) is 0 Å². The van der Waals surface area contributed by atoms with Crippen LogP contribution in [-0.2, 0) is 4.74 Å². The van der Waals surface area contributed by atoms with E-state index in [-0.39, 0.29) is 1.43 Å². The topological polar surface area (TPSA) is 21.3 Å². The van der Waals surface area contributed by atoms with Gasteiger partial charge in [-0.1, -0.05) is 12.2 Å². The molecule has 0 aliphatic carbocycles. The van der Waals surface area contributed by atoms with Gasteiger partial charge in [0.2, 0.25) is 0 Å². The molecule has 0 atom stereocenters. The minimum atomic E-state index is 0. The molecule has 0 bridgehead atoms. The molecule has 2 heteroatoms. The summed E-state index contributed by atoms with van der Waals surface area (Å²) < 4.78 is 5.66. The third-order valence-corrected chi connectivity index (χ3v) is 2.00. The van der Waals surface area contributed by atoms with Gasteiger partial charge in [-0.15, -0.1) is 0 Å². The van der Waals surface area contributed by atoms with E-state index < -0.39 is 0 Å². The molecule has 0 aromatic rings. The fraction of sp³-hybridized carbons (Fsp3) is 0.455. The second kappa shape index (κ2) is 4.87. The Morgan fingerprint density at radius 3 is 2.92 bits per heavy atom. The molecule has 74 valence electrons. The standard InChI is InChI=1S/C11H17NO.H2/c1-9-5-4-6-10(2)13-11(9)7-8-12-3;/h4-6,12H,7-8H2,1-3H3;1H. The van der Waals surface area contributed by atoms with E-state index >= 15 is 0 Å². The summed E-state index contributed by atoms with van der Waals surface area (Å²) in [5.41, 5.74) is 1.21. The second-order valence-corrected chi connectivity index (χ2v) is 3.20. The average molecular weight is 181 g/mol. The van der Waals surface area contributed by atoms with Crippen molar-refractivity contribution in [2.24, 2.45) is 0 Å². The molecule has 13 heavy (non-hydrogen) atoms. The Kier molecular flexibility index (Phi) is 3.77. The van der Waals surface area contributed by atoms with Gasteiger partial charge in [-0.3, -0.25) is 0 Å². The van der Waals surface area contributed by atoms with Crippen LogP contribution in [0.1, 0.15) is 21.7 Å². The zero-order chi connectivity index (χ0) is 9.68. The van der Waals surface area contributed by atoms with E-state index in [1.54, 1.807) is 0 Å². The summed E-state index contributed by atoms with van der Waals surface area (Å²) in [6.45, 7) is 5.00. The monoisotopic (exact) mass is 181 g/mol. The highest BCUT2D eigenvalue weighted by atomic mass is 16.5. The molecule has 0 aromatic carbocycles. The van der Waals surface area contributed by atoms with Crippen LogP contribution >= 0.6 is 0 Å². The van der Waals surface area contributed by atoms with Gasteiger partial charge in [-0.25, -0.2) is 0 Å². The van der Waals surface area contributed by atoms with Crippen LogP contribution in [-0.4, -0.2) is 13.6 Å². The van der Waals surface area contributed by atoms with Crippen molar-refractivity contribution in [1.82, 2.24) is 5.32 Å². The van der Waals surface area contributed by atoms with Crippen molar-refractivity contribution in [3.8, 4) is 0 Å². The molecule has 0 unspecified atom stereocenters. The molecule has 0 saturated carbocycles. The van der Waals surface area contributed by atoms with Gasteiger partial charge >= 0.3 is 0 Å². The molecule has 1 heterocycles. The summed E-state index contributed by atoms with van der Waals surface area (Å²) in [6, 6.07) is 0. The lowest BCUT2D eigenvalue weighted by Gasteiger charge is -2.10. The summed E-state index contributed by atoms with van der Waals surface area (Å²) in [5.74, 6) is 2.02. The quantitative estimate of drug-likeness (QED) is 0.722. The maximum atomic E-state index is 5.66. The zero-order valence-corrected chi connectivity index (χ0v) is 8.55. The van der Waals surface area contributed by atoms with Crippen molar-refractivity contribution in [2.75, 3.05) is 13.6 Å². The highest BCUT2D eigenvalue weighted by molar-refractivity contribution is 5.27. The smallest absolute Gasteiger partial charge is 0.108 e. The van der Waals surface area contributed by atoms with Crippen LogP contribution in [0, 0.1) is 0 Å². The maximum absolute atomic E-state index is 5.66. The predicted molar refractivity (Wildman–Crippen MR) is 57.3 cm³/mol. The van der Waals surface area contributed by atoms with Crippen LogP contribution < -0.4 is 5.32 Å². The van der Waals surface area contributed by atoms with Crippen LogP contribution in [0.4, 0.5) is 0 Å². The molecule has 0 saturated heterocycles. The molecule has 0 amide bonds. The van der Waals surface area contributed by atoms with Crippen molar-refractivity contribution >= 4 is 0 Å². The van der Waals surface area contributed by atoms with Crippen LogP contribution in [0.25, 0.3) is 0 Å². The summed E-state index contributed by atoms with van der Waals surface area (Å²) in [5, 5.41) is 3.11. The van der Waals surface area contributed by atoms with E-state index in [0.717, 1.165) is 24.5 Å². The number of allylic oxidation sites excluding steroid dienone is 5. The van der Waals surface area contributed by atoms with Gasteiger partial charge in [0.05, 0.1) is 0 Å². The Bertz CT molecular complexity index is 266. The summed E-state index contributed by atoms with van der Waals surface area (Å²) in [6.07, 6.45) is 7.03. The number of hydrogen-bond donors (Lipinski definition) is 1. The normalized spacial score (nSPS) is 16.7. The van der Waals surface area contributed by atoms with Crippen molar-refractivity contribution in [2.45, 2.75) is 20.3 Å². The van der Waals surface area contributed by atoms with E-state index in [9.17, 15) is 0 Å². The third-order valence-electron chi connectivity index (χ3n) is 2.00. The van der Waals surface area contributed by atoms with Gasteiger partial charge in [-0.05, 0) is 32.5 Å². The highest BCUT2D eigenvalue weighted by Crippen LogP contribution is 2.18. The first-order valence-electron chi connectivity index (χ1n) is 4.61. The third kappa shape index (κ3) is 3.07. The van der Waals surface area contributed by atoms with Crippen LogP contribution in [0.2, 0.25) is 0 Å². The summed E-state index contributed by atoms with van der Waals surface area (Å²) >= 11 is 0. The molecule has 1 aliphatic rings. The Hall–Kier alpha value is -1.02. The Labute approximate surface area is 81.5 Å². The molecular formula is C11H19NO. The Balaban J connectivity index is 0.00000169. The molecule has 0 fully saturated rings. The van der Waals surface area contributed by atoms with E-state index in [1.807, 2.05) is 26.1 Å². The number of rotatable bonds is 3. The average Bonchev–Trinajstić information content (AvgIpc) is 2.25.